The third kappa shape index (κ3) is 37.6. The molecule has 0 bridgehead atoms. The van der Waals surface area contributed by atoms with Crippen molar-refractivity contribution in [3.05, 3.63) is 97.2 Å². The zero-order valence-electron chi connectivity index (χ0n) is 58.1. The molecule has 3 heterocycles. The molecule has 0 radical (unpaired) electrons. The van der Waals surface area contributed by atoms with Gasteiger partial charge in [0.05, 0.1) is 38.6 Å². The lowest BCUT2D eigenvalue weighted by molar-refractivity contribution is -0.379. The van der Waals surface area contributed by atoms with Crippen LogP contribution in [0.15, 0.2) is 97.2 Å². The molecule has 1 amide bonds. The number of rotatable bonds is 56. The molecular weight excluding hydrogens is 1210 g/mol. The van der Waals surface area contributed by atoms with Gasteiger partial charge in [-0.2, -0.15) is 0 Å². The molecule has 0 saturated carbocycles. The van der Waals surface area contributed by atoms with Crippen LogP contribution in [0.1, 0.15) is 245 Å². The number of ether oxygens (including phenoxy) is 6. The van der Waals surface area contributed by atoms with Crippen molar-refractivity contribution in [1.82, 2.24) is 5.32 Å². The number of allylic oxidation sites excluding steroid dienone is 15. The maximum absolute atomic E-state index is 13.4. The van der Waals surface area contributed by atoms with E-state index < -0.39 is 124 Å². The molecule has 0 aromatic rings. The molecular formula is C76H131NO18. The van der Waals surface area contributed by atoms with E-state index >= 15 is 0 Å². The van der Waals surface area contributed by atoms with E-state index in [-0.39, 0.29) is 18.9 Å². The Morgan fingerprint density at radius 2 is 0.737 bits per heavy atom. The highest BCUT2D eigenvalue weighted by Gasteiger charge is 2.53. The summed E-state index contributed by atoms with van der Waals surface area (Å²) in [6, 6.07) is -1.00. The predicted octanol–water partition coefficient (Wildman–Crippen LogP) is 10.8. The van der Waals surface area contributed by atoms with Crippen LogP contribution in [0.3, 0.4) is 0 Å². The number of hydrogen-bond acceptors (Lipinski definition) is 18. The molecule has 3 aliphatic rings. The number of unbranched alkanes of at least 4 members (excludes halogenated alkanes) is 26. The van der Waals surface area contributed by atoms with E-state index in [9.17, 15) is 61.0 Å². The number of aliphatic hydroxyl groups excluding tert-OH is 11. The van der Waals surface area contributed by atoms with Crippen LogP contribution in [-0.4, -0.2) is 193 Å². The monoisotopic (exact) mass is 1350 g/mol. The first-order valence-electron chi connectivity index (χ1n) is 37.0. The van der Waals surface area contributed by atoms with Gasteiger partial charge in [-0.15, -0.1) is 0 Å². The van der Waals surface area contributed by atoms with Crippen LogP contribution in [0.25, 0.3) is 0 Å². The quantitative estimate of drug-likeness (QED) is 0.0199. The number of amides is 1. The highest BCUT2D eigenvalue weighted by Crippen LogP contribution is 2.33. The second kappa shape index (κ2) is 56.5. The highest BCUT2D eigenvalue weighted by molar-refractivity contribution is 5.76. The van der Waals surface area contributed by atoms with E-state index in [2.05, 4.69) is 104 Å². The fraction of sp³-hybridized carbons (Fsp3) is 0.776. The number of nitrogens with one attached hydrogen (secondary N) is 1. The predicted molar refractivity (Wildman–Crippen MR) is 374 cm³/mol. The van der Waals surface area contributed by atoms with Crippen molar-refractivity contribution in [2.24, 2.45) is 0 Å². The van der Waals surface area contributed by atoms with E-state index in [1.807, 2.05) is 6.08 Å². The molecule has 19 heteroatoms. The zero-order valence-corrected chi connectivity index (χ0v) is 58.1. The summed E-state index contributed by atoms with van der Waals surface area (Å²) >= 11 is 0. The molecule has 3 fully saturated rings. The van der Waals surface area contributed by atoms with Crippen LogP contribution in [0.2, 0.25) is 0 Å². The normalized spacial score (nSPS) is 27.8. The summed E-state index contributed by atoms with van der Waals surface area (Å²) in [5.41, 5.74) is 0. The number of carbonyl (C=O) groups is 1. The van der Waals surface area contributed by atoms with E-state index in [4.69, 9.17) is 28.4 Å². The van der Waals surface area contributed by atoms with E-state index in [1.165, 1.54) is 135 Å². The molecule has 17 unspecified atom stereocenters. The van der Waals surface area contributed by atoms with Gasteiger partial charge in [0.25, 0.3) is 0 Å². The van der Waals surface area contributed by atoms with Crippen LogP contribution >= 0.6 is 0 Å². The first-order valence-corrected chi connectivity index (χ1v) is 37.0. The maximum Gasteiger partial charge on any atom is 0.220 e. The summed E-state index contributed by atoms with van der Waals surface area (Å²) in [6.07, 6.45) is 48.2. The molecule has 17 atom stereocenters. The summed E-state index contributed by atoms with van der Waals surface area (Å²) in [4.78, 5) is 13.4. The van der Waals surface area contributed by atoms with Crippen LogP contribution in [-0.2, 0) is 33.2 Å². The average molecular weight is 1350 g/mol. The zero-order chi connectivity index (χ0) is 68.9. The summed E-state index contributed by atoms with van der Waals surface area (Å²) in [5.74, 6) is -0.291. The van der Waals surface area contributed by atoms with Crippen molar-refractivity contribution in [1.29, 1.82) is 0 Å². The largest absolute Gasteiger partial charge is 0.394 e. The summed E-state index contributed by atoms with van der Waals surface area (Å²) in [7, 11) is 0. The van der Waals surface area contributed by atoms with Crippen molar-refractivity contribution in [3.63, 3.8) is 0 Å². The Hall–Kier alpha value is -3.29. The standard InChI is InChI=1S/C76H131NO18/c1-3-5-7-9-11-13-15-17-19-21-22-23-24-25-26-27-28-29-30-31-32-33-34-35-36-38-40-42-44-46-48-50-52-54-64(82)77-59(60(81)53-51-49-47-45-43-41-39-37-20-18-16-14-12-10-8-6-4-2)58-90-74-70(88)67(85)72(62(56-79)92-74)95-76-71(89)68(86)73(63(57-80)93-76)94-75-69(87)66(84)65(83)61(55-78)91-75/h5,7,11,13,17,19-20,22-23,25-26,37,43,45,51,53,59-63,65-76,78-81,83-89H,3-4,6,8-10,12,14-16,18,21,24,27-36,38-42,44,46-50,52,54-58H2,1-2H3,(H,77,82)/b7-5-,13-11-,19-17-,23-22-,26-25-,37-20+,45-43+,53-51+. The van der Waals surface area contributed by atoms with Crippen molar-refractivity contribution >= 4 is 5.91 Å². The fourth-order valence-electron chi connectivity index (χ4n) is 11.9. The van der Waals surface area contributed by atoms with Crippen LogP contribution in [0.5, 0.6) is 0 Å². The van der Waals surface area contributed by atoms with Gasteiger partial charge in [0.15, 0.2) is 18.9 Å². The minimum absolute atomic E-state index is 0.228. The summed E-state index contributed by atoms with van der Waals surface area (Å²) < 4.78 is 34.3. The second-order valence-electron chi connectivity index (χ2n) is 26.0. The van der Waals surface area contributed by atoms with Crippen LogP contribution < -0.4 is 5.32 Å². The van der Waals surface area contributed by atoms with E-state index in [1.54, 1.807) is 6.08 Å². The smallest absolute Gasteiger partial charge is 0.220 e. The Bertz CT molecular complexity index is 2100. The maximum atomic E-state index is 13.4. The first-order chi connectivity index (χ1) is 46.3. The Morgan fingerprint density at radius 1 is 0.389 bits per heavy atom. The van der Waals surface area contributed by atoms with Gasteiger partial charge in [0, 0.05) is 6.42 Å². The lowest BCUT2D eigenvalue weighted by atomic mass is 9.96. The second-order valence-corrected chi connectivity index (χ2v) is 26.0. The lowest BCUT2D eigenvalue weighted by Crippen LogP contribution is -2.66. The van der Waals surface area contributed by atoms with Gasteiger partial charge < -0.3 is 89.9 Å². The fourth-order valence-corrected chi connectivity index (χ4v) is 11.9. The summed E-state index contributed by atoms with van der Waals surface area (Å²) in [6.45, 7) is 1.59. The third-order valence-corrected chi connectivity index (χ3v) is 17.8. The van der Waals surface area contributed by atoms with Gasteiger partial charge >= 0.3 is 0 Å². The van der Waals surface area contributed by atoms with Crippen molar-refractivity contribution in [2.75, 3.05) is 26.4 Å². The number of aliphatic hydroxyl groups is 11. The van der Waals surface area contributed by atoms with Crippen molar-refractivity contribution in [2.45, 2.75) is 349 Å². The molecule has 3 rings (SSSR count). The van der Waals surface area contributed by atoms with Crippen LogP contribution in [0.4, 0.5) is 0 Å². The molecule has 3 saturated heterocycles. The Kier molecular flexibility index (Phi) is 51.1. The van der Waals surface area contributed by atoms with E-state index in [0.717, 1.165) is 77.0 Å². The molecule has 0 aromatic heterocycles. The molecule has 0 aromatic carbocycles. The minimum atomic E-state index is -1.99. The van der Waals surface area contributed by atoms with Gasteiger partial charge in [-0.05, 0) is 89.9 Å². The minimum Gasteiger partial charge on any atom is -0.394 e. The Balaban J connectivity index is 1.38. The van der Waals surface area contributed by atoms with Gasteiger partial charge in [0.2, 0.25) is 5.91 Å². The highest BCUT2D eigenvalue weighted by atomic mass is 16.8. The topological polar surface area (TPSA) is 307 Å². The molecule has 19 nitrogen and oxygen atoms in total. The SMILES string of the molecule is CC/C=C\C/C=C\C/C=C\C/C=C\C/C=C\CCCCCCCCCCCCCCCCCCCC(=O)NC(COC1OC(CO)C(OC2OC(CO)C(OC3OC(CO)C(O)C(O)C3O)C(O)C2O)C(O)C1O)C(O)/C=C/CC/C=C/CC/C=C/CCCCCCCCC. The van der Waals surface area contributed by atoms with Crippen LogP contribution in [0, 0.1) is 0 Å². The summed E-state index contributed by atoms with van der Waals surface area (Å²) in [5, 5.41) is 121. The third-order valence-electron chi connectivity index (χ3n) is 17.8. The Morgan fingerprint density at radius 3 is 1.18 bits per heavy atom. The molecule has 12 N–H and O–H groups in total. The molecule has 0 spiro atoms. The van der Waals surface area contributed by atoms with Crippen molar-refractivity contribution < 1.29 is 89.4 Å². The molecule has 548 valence electrons. The number of carbonyl (C=O) groups excluding carboxylic acids is 1. The van der Waals surface area contributed by atoms with Gasteiger partial charge in [-0.3, -0.25) is 4.79 Å². The first kappa shape index (κ1) is 85.9. The van der Waals surface area contributed by atoms with Crippen molar-refractivity contribution in [3.8, 4) is 0 Å². The van der Waals surface area contributed by atoms with Gasteiger partial charge in [-0.25, -0.2) is 0 Å². The van der Waals surface area contributed by atoms with Gasteiger partial charge in [-0.1, -0.05) is 246 Å². The van der Waals surface area contributed by atoms with Gasteiger partial charge in [0.1, 0.15) is 73.2 Å². The lowest BCUT2D eigenvalue weighted by Gasteiger charge is -2.48. The molecule has 3 aliphatic heterocycles. The molecule has 95 heavy (non-hydrogen) atoms. The Labute approximate surface area is 571 Å². The average Bonchev–Trinajstić information content (AvgIpc) is 0.786. The number of hydrogen-bond donors (Lipinski definition) is 12. The molecule has 0 aliphatic carbocycles. The van der Waals surface area contributed by atoms with E-state index in [0.29, 0.717) is 12.8 Å².